The van der Waals surface area contributed by atoms with E-state index in [-0.39, 0.29) is 0 Å². The molecule has 0 heterocycles. The quantitative estimate of drug-likeness (QED) is 0.392. The fraction of sp³-hybridized carbons (Fsp3) is 0.240. The third-order valence-corrected chi connectivity index (χ3v) is 4.59. The molecular formula is C25H30N4O. The number of nitrogens with zero attached hydrogens (tertiary/aromatic N) is 1. The molecule has 0 fully saturated rings. The number of carbonyl (C=O) groups is 1. The summed E-state index contributed by atoms with van der Waals surface area (Å²) in [4.78, 5) is 16.8. The summed E-state index contributed by atoms with van der Waals surface area (Å²) in [6.45, 7) is 8.31. The Morgan fingerprint density at radius 3 is 2.37 bits per heavy atom. The monoisotopic (exact) mass is 402 g/mol. The first-order valence-electron chi connectivity index (χ1n) is 10.0. The molecule has 2 aromatic rings. The van der Waals surface area contributed by atoms with Gasteiger partial charge in [-0.1, -0.05) is 61.0 Å². The van der Waals surface area contributed by atoms with Crippen LogP contribution in [0, 0.1) is 5.41 Å². The van der Waals surface area contributed by atoms with Crippen LogP contribution in [-0.2, 0) is 6.54 Å². The van der Waals surface area contributed by atoms with Crippen molar-refractivity contribution in [2.75, 3.05) is 0 Å². The molecule has 0 unspecified atom stereocenters. The second-order valence-corrected chi connectivity index (χ2v) is 7.25. The molecular weight excluding hydrogens is 372 g/mol. The molecule has 1 amide bonds. The first-order chi connectivity index (χ1) is 14.3. The van der Waals surface area contributed by atoms with Crippen LogP contribution < -0.4 is 11.1 Å². The number of amides is 1. The zero-order valence-electron chi connectivity index (χ0n) is 18.1. The Morgan fingerprint density at radius 2 is 1.77 bits per heavy atom. The van der Waals surface area contributed by atoms with Crippen LogP contribution in [0.2, 0.25) is 0 Å². The van der Waals surface area contributed by atoms with E-state index in [1.165, 1.54) is 0 Å². The molecule has 0 spiro atoms. The van der Waals surface area contributed by atoms with E-state index in [1.807, 2.05) is 76.2 Å². The van der Waals surface area contributed by atoms with E-state index >= 15 is 0 Å². The van der Waals surface area contributed by atoms with Crippen LogP contribution in [0.15, 0.2) is 76.9 Å². The minimum absolute atomic E-state index is 0.380. The van der Waals surface area contributed by atoms with Gasteiger partial charge in [-0.2, -0.15) is 0 Å². The van der Waals surface area contributed by atoms with Crippen LogP contribution in [0.4, 0.5) is 5.69 Å². The molecule has 0 aliphatic heterocycles. The SMILES string of the molecule is CCC(=N)/C(=C\C=C(C)C)NCc1cccc(C(N)=O)c1N=C(C)c1ccccc1. The van der Waals surface area contributed by atoms with Gasteiger partial charge in [0.25, 0.3) is 5.91 Å². The van der Waals surface area contributed by atoms with Crippen molar-refractivity contribution in [2.45, 2.75) is 40.7 Å². The molecule has 0 atom stereocenters. The predicted molar refractivity (Wildman–Crippen MR) is 126 cm³/mol. The van der Waals surface area contributed by atoms with Crippen LogP contribution >= 0.6 is 0 Å². The smallest absolute Gasteiger partial charge is 0.250 e. The third kappa shape index (κ3) is 6.27. The van der Waals surface area contributed by atoms with Crippen molar-refractivity contribution in [1.82, 2.24) is 5.32 Å². The highest BCUT2D eigenvalue weighted by Crippen LogP contribution is 2.26. The summed E-state index contributed by atoms with van der Waals surface area (Å²) >= 11 is 0. The van der Waals surface area contributed by atoms with Crippen molar-refractivity contribution in [1.29, 1.82) is 5.41 Å². The predicted octanol–water partition coefficient (Wildman–Crippen LogP) is 5.30. The van der Waals surface area contributed by atoms with Crippen molar-refractivity contribution in [3.63, 3.8) is 0 Å². The molecule has 0 bridgehead atoms. The summed E-state index contributed by atoms with van der Waals surface area (Å²) in [5.41, 5.74) is 11.6. The van der Waals surface area contributed by atoms with Crippen molar-refractivity contribution >= 4 is 23.0 Å². The van der Waals surface area contributed by atoms with Crippen molar-refractivity contribution in [3.8, 4) is 0 Å². The lowest BCUT2D eigenvalue weighted by atomic mass is 10.0. The van der Waals surface area contributed by atoms with Gasteiger partial charge >= 0.3 is 0 Å². The van der Waals surface area contributed by atoms with E-state index in [0.29, 0.717) is 29.9 Å². The Balaban J connectivity index is 2.44. The lowest BCUT2D eigenvalue weighted by Gasteiger charge is -2.15. The maximum Gasteiger partial charge on any atom is 0.250 e. The lowest BCUT2D eigenvalue weighted by molar-refractivity contribution is 0.100. The number of carbonyl (C=O) groups excluding carboxylic acids is 1. The molecule has 156 valence electrons. The van der Waals surface area contributed by atoms with Gasteiger partial charge in [0.2, 0.25) is 0 Å². The molecule has 4 N–H and O–H groups in total. The summed E-state index contributed by atoms with van der Waals surface area (Å²) in [5, 5.41) is 11.6. The maximum atomic E-state index is 12.0. The maximum absolute atomic E-state index is 12.0. The minimum atomic E-state index is -0.516. The topological polar surface area (TPSA) is 91.3 Å². The van der Waals surface area contributed by atoms with Crippen molar-refractivity contribution in [3.05, 3.63) is 88.6 Å². The van der Waals surface area contributed by atoms with E-state index in [4.69, 9.17) is 16.1 Å². The number of benzene rings is 2. The van der Waals surface area contributed by atoms with Gasteiger partial charge in [-0.3, -0.25) is 9.79 Å². The Morgan fingerprint density at radius 1 is 1.07 bits per heavy atom. The molecule has 2 aromatic carbocycles. The number of allylic oxidation sites excluding steroid dienone is 4. The summed E-state index contributed by atoms with van der Waals surface area (Å²) < 4.78 is 0. The van der Waals surface area contributed by atoms with Gasteiger partial charge in [-0.25, -0.2) is 0 Å². The van der Waals surface area contributed by atoms with Crippen LogP contribution in [0.1, 0.15) is 55.6 Å². The number of nitrogens with one attached hydrogen (secondary N) is 2. The zero-order valence-corrected chi connectivity index (χ0v) is 18.1. The molecule has 0 saturated heterocycles. The molecule has 5 nitrogen and oxygen atoms in total. The summed E-state index contributed by atoms with van der Waals surface area (Å²) in [7, 11) is 0. The number of primary amides is 1. The van der Waals surface area contributed by atoms with Gasteiger partial charge in [0.15, 0.2) is 0 Å². The Hall–Kier alpha value is -3.47. The van der Waals surface area contributed by atoms with E-state index < -0.39 is 5.91 Å². The largest absolute Gasteiger partial charge is 0.379 e. The van der Waals surface area contributed by atoms with Crippen LogP contribution in [0.25, 0.3) is 0 Å². The molecule has 0 aliphatic carbocycles. The molecule has 0 saturated carbocycles. The Labute approximate surface area is 178 Å². The minimum Gasteiger partial charge on any atom is -0.379 e. The Bertz CT molecular complexity index is 997. The van der Waals surface area contributed by atoms with Gasteiger partial charge in [0, 0.05) is 12.3 Å². The van der Waals surface area contributed by atoms with E-state index in [2.05, 4.69) is 5.32 Å². The van der Waals surface area contributed by atoms with Gasteiger partial charge in [-0.15, -0.1) is 0 Å². The average Bonchev–Trinajstić information content (AvgIpc) is 2.74. The van der Waals surface area contributed by atoms with E-state index in [0.717, 1.165) is 28.1 Å². The highest BCUT2D eigenvalue weighted by Gasteiger charge is 2.14. The van der Waals surface area contributed by atoms with E-state index in [1.54, 1.807) is 12.1 Å². The highest BCUT2D eigenvalue weighted by atomic mass is 16.1. The summed E-state index contributed by atoms with van der Waals surface area (Å²) in [6, 6.07) is 15.2. The lowest BCUT2D eigenvalue weighted by Crippen LogP contribution is -2.20. The number of rotatable bonds is 9. The molecule has 0 radical (unpaired) electrons. The fourth-order valence-electron chi connectivity index (χ4n) is 2.87. The average molecular weight is 403 g/mol. The molecule has 0 aromatic heterocycles. The molecule has 2 rings (SSSR count). The Kier molecular flexibility index (Phi) is 8.29. The normalized spacial score (nSPS) is 11.7. The molecule has 30 heavy (non-hydrogen) atoms. The van der Waals surface area contributed by atoms with Gasteiger partial charge in [0.1, 0.15) is 0 Å². The number of hydrogen-bond donors (Lipinski definition) is 3. The number of hydrogen-bond acceptors (Lipinski definition) is 4. The number of aliphatic imine (C=N–C) groups is 1. The molecule has 5 heteroatoms. The first-order valence-corrected chi connectivity index (χ1v) is 10.0. The third-order valence-electron chi connectivity index (χ3n) is 4.59. The standard InChI is InChI=1S/C25H30N4O/c1-5-22(26)23(15-14-17(2)3)28-16-20-12-9-13-21(25(27)30)24(20)29-18(4)19-10-7-6-8-11-19/h6-15,26,28H,5,16H2,1-4H3,(H2,27,30)/b23-15+,26-22?,29-18?. The van der Waals surface area contributed by atoms with E-state index in [9.17, 15) is 4.79 Å². The van der Waals surface area contributed by atoms with Crippen LogP contribution in [0.5, 0.6) is 0 Å². The van der Waals surface area contributed by atoms with Crippen molar-refractivity contribution in [2.24, 2.45) is 10.7 Å². The highest BCUT2D eigenvalue weighted by molar-refractivity contribution is 6.04. The number of nitrogens with two attached hydrogens (primary N) is 1. The van der Waals surface area contributed by atoms with Gasteiger partial charge < -0.3 is 16.5 Å². The van der Waals surface area contributed by atoms with Gasteiger partial charge in [-0.05, 0) is 50.5 Å². The zero-order chi connectivity index (χ0) is 22.1. The van der Waals surface area contributed by atoms with Crippen molar-refractivity contribution < 1.29 is 4.79 Å². The second-order valence-electron chi connectivity index (χ2n) is 7.25. The van der Waals surface area contributed by atoms with Crippen LogP contribution in [-0.4, -0.2) is 17.3 Å². The first kappa shape index (κ1) is 22.8. The second kappa shape index (κ2) is 10.9. The fourth-order valence-corrected chi connectivity index (χ4v) is 2.87. The molecule has 0 aliphatic rings. The summed E-state index contributed by atoms with van der Waals surface area (Å²) in [5.74, 6) is -0.516. The number of para-hydroxylation sites is 1. The van der Waals surface area contributed by atoms with Crippen LogP contribution in [0.3, 0.4) is 0 Å². The summed E-state index contributed by atoms with van der Waals surface area (Å²) in [6.07, 6.45) is 4.51. The van der Waals surface area contributed by atoms with Gasteiger partial charge in [0.05, 0.1) is 22.7 Å².